The summed E-state index contributed by atoms with van der Waals surface area (Å²) in [6.07, 6.45) is 2.97. The molecule has 50 valence electrons. The average Bonchev–Trinajstić information content (AvgIpc) is 2.34. The van der Waals surface area contributed by atoms with Gasteiger partial charge in [0.15, 0.2) is 0 Å². The van der Waals surface area contributed by atoms with E-state index in [0.717, 1.165) is 18.0 Å². The Morgan fingerprint density at radius 1 is 1.78 bits per heavy atom. The minimum Gasteiger partial charge on any atom is -0.376 e. The van der Waals surface area contributed by atoms with Crippen LogP contribution < -0.4 is 5.32 Å². The Labute approximate surface area is 59.1 Å². The molecule has 1 heterocycles. The number of rotatable bonds is 3. The van der Waals surface area contributed by atoms with Gasteiger partial charge in [-0.2, -0.15) is 4.37 Å². The zero-order valence-corrected chi connectivity index (χ0v) is 6.24. The smallest absolute Gasteiger partial charge is 0.109 e. The highest BCUT2D eigenvalue weighted by Crippen LogP contribution is 2.10. The lowest BCUT2D eigenvalue weighted by Crippen LogP contribution is -1.96. The van der Waals surface area contributed by atoms with Gasteiger partial charge in [0.2, 0.25) is 0 Å². The molecule has 0 aliphatic carbocycles. The van der Waals surface area contributed by atoms with E-state index >= 15 is 0 Å². The predicted octanol–water partition coefficient (Wildman–Crippen LogP) is 1.96. The maximum absolute atomic E-state index is 3.95. The lowest BCUT2D eigenvalue weighted by Gasteiger charge is -1.96. The van der Waals surface area contributed by atoms with Gasteiger partial charge in [-0.3, -0.25) is 0 Å². The van der Waals surface area contributed by atoms with Gasteiger partial charge in [0.1, 0.15) is 5.00 Å². The van der Waals surface area contributed by atoms with E-state index < -0.39 is 0 Å². The largest absolute Gasteiger partial charge is 0.376 e. The van der Waals surface area contributed by atoms with E-state index in [1.54, 1.807) is 0 Å². The van der Waals surface area contributed by atoms with Crippen LogP contribution in [0.25, 0.3) is 0 Å². The van der Waals surface area contributed by atoms with Crippen LogP contribution in [0.3, 0.4) is 0 Å². The van der Waals surface area contributed by atoms with Gasteiger partial charge in [-0.15, -0.1) is 0 Å². The molecule has 1 aromatic rings. The topological polar surface area (TPSA) is 24.9 Å². The molecule has 0 amide bonds. The first-order chi connectivity index (χ1) is 4.43. The Hall–Kier alpha value is -0.570. The molecule has 3 heteroatoms. The Balaban J connectivity index is 2.30. The molecule has 1 N–H and O–H groups in total. The predicted molar refractivity (Wildman–Crippen MR) is 40.9 cm³/mol. The van der Waals surface area contributed by atoms with Crippen molar-refractivity contribution in [3.05, 3.63) is 12.3 Å². The molecule has 0 radical (unpaired) electrons. The van der Waals surface area contributed by atoms with Gasteiger partial charge in [0, 0.05) is 12.7 Å². The fraction of sp³-hybridized carbons (Fsp3) is 0.500. The van der Waals surface area contributed by atoms with Gasteiger partial charge in [0.25, 0.3) is 0 Å². The highest BCUT2D eigenvalue weighted by molar-refractivity contribution is 7.10. The van der Waals surface area contributed by atoms with E-state index in [0.29, 0.717) is 0 Å². The zero-order chi connectivity index (χ0) is 6.53. The molecule has 1 rings (SSSR count). The molecule has 0 unspecified atom stereocenters. The summed E-state index contributed by atoms with van der Waals surface area (Å²) in [5, 5.41) is 4.39. The summed E-state index contributed by atoms with van der Waals surface area (Å²) in [5.74, 6) is 0. The molecular formula is C6H10N2S. The summed E-state index contributed by atoms with van der Waals surface area (Å²) >= 11 is 1.50. The van der Waals surface area contributed by atoms with Crippen LogP contribution in [0.4, 0.5) is 5.00 Å². The maximum Gasteiger partial charge on any atom is 0.109 e. The van der Waals surface area contributed by atoms with Gasteiger partial charge in [-0.05, 0) is 24.0 Å². The van der Waals surface area contributed by atoms with Gasteiger partial charge >= 0.3 is 0 Å². The van der Waals surface area contributed by atoms with E-state index in [2.05, 4.69) is 16.6 Å². The van der Waals surface area contributed by atoms with Crippen LogP contribution in [-0.4, -0.2) is 10.9 Å². The van der Waals surface area contributed by atoms with Crippen molar-refractivity contribution in [3.8, 4) is 0 Å². The van der Waals surface area contributed by atoms with E-state index in [1.165, 1.54) is 11.5 Å². The van der Waals surface area contributed by atoms with Crippen LogP contribution >= 0.6 is 11.5 Å². The normalized spacial score (nSPS) is 9.44. The Morgan fingerprint density at radius 2 is 2.67 bits per heavy atom. The van der Waals surface area contributed by atoms with Crippen molar-refractivity contribution < 1.29 is 0 Å². The van der Waals surface area contributed by atoms with Crippen molar-refractivity contribution in [2.24, 2.45) is 0 Å². The van der Waals surface area contributed by atoms with Crippen LogP contribution in [0.15, 0.2) is 12.3 Å². The van der Waals surface area contributed by atoms with Crippen molar-refractivity contribution in [1.29, 1.82) is 0 Å². The second kappa shape index (κ2) is 3.45. The number of hydrogen-bond donors (Lipinski definition) is 1. The maximum atomic E-state index is 3.95. The van der Waals surface area contributed by atoms with Crippen molar-refractivity contribution in [2.75, 3.05) is 11.9 Å². The van der Waals surface area contributed by atoms with Crippen LogP contribution in [-0.2, 0) is 0 Å². The molecule has 0 aromatic carbocycles. The van der Waals surface area contributed by atoms with Gasteiger partial charge in [0.05, 0.1) is 0 Å². The van der Waals surface area contributed by atoms with Crippen molar-refractivity contribution in [1.82, 2.24) is 4.37 Å². The van der Waals surface area contributed by atoms with Crippen molar-refractivity contribution >= 4 is 16.5 Å². The van der Waals surface area contributed by atoms with Gasteiger partial charge in [-0.25, -0.2) is 0 Å². The molecule has 1 aromatic heterocycles. The molecule has 0 saturated heterocycles. The first-order valence-corrected chi connectivity index (χ1v) is 3.85. The Morgan fingerprint density at radius 3 is 3.22 bits per heavy atom. The molecule has 9 heavy (non-hydrogen) atoms. The molecule has 0 aliphatic heterocycles. The minimum atomic E-state index is 1.04. The zero-order valence-electron chi connectivity index (χ0n) is 5.42. The summed E-state index contributed by atoms with van der Waals surface area (Å²) in [4.78, 5) is 0. The van der Waals surface area contributed by atoms with Crippen LogP contribution in [0.5, 0.6) is 0 Å². The number of hydrogen-bond acceptors (Lipinski definition) is 3. The molecule has 0 atom stereocenters. The van der Waals surface area contributed by atoms with Crippen LogP contribution in [0.1, 0.15) is 13.3 Å². The summed E-state index contributed by atoms with van der Waals surface area (Å²) in [6, 6.07) is 1.99. The molecule has 0 bridgehead atoms. The second-order valence-corrected chi connectivity index (χ2v) is 2.64. The number of nitrogens with one attached hydrogen (secondary N) is 1. The highest BCUT2D eigenvalue weighted by atomic mass is 32.1. The average molecular weight is 142 g/mol. The van der Waals surface area contributed by atoms with Crippen LogP contribution in [0, 0.1) is 0 Å². The first-order valence-electron chi connectivity index (χ1n) is 3.08. The monoisotopic (exact) mass is 142 g/mol. The van der Waals surface area contributed by atoms with Gasteiger partial charge < -0.3 is 5.32 Å². The molecule has 0 saturated carbocycles. The number of anilines is 1. The summed E-state index contributed by atoms with van der Waals surface area (Å²) in [6.45, 7) is 3.19. The minimum absolute atomic E-state index is 1.04. The van der Waals surface area contributed by atoms with E-state index in [9.17, 15) is 0 Å². The van der Waals surface area contributed by atoms with E-state index in [-0.39, 0.29) is 0 Å². The SMILES string of the molecule is CCCNc1ccns1. The van der Waals surface area contributed by atoms with E-state index in [4.69, 9.17) is 0 Å². The molecule has 2 nitrogen and oxygen atoms in total. The summed E-state index contributed by atoms with van der Waals surface area (Å²) < 4.78 is 3.95. The summed E-state index contributed by atoms with van der Waals surface area (Å²) in [5.41, 5.74) is 0. The fourth-order valence-electron chi connectivity index (χ4n) is 0.555. The lowest BCUT2D eigenvalue weighted by atomic mass is 10.5. The Bertz CT molecular complexity index is 148. The number of nitrogens with zero attached hydrogens (tertiary/aromatic N) is 1. The fourth-order valence-corrected chi connectivity index (χ4v) is 1.08. The van der Waals surface area contributed by atoms with Gasteiger partial charge in [-0.1, -0.05) is 6.92 Å². The van der Waals surface area contributed by atoms with E-state index in [1.807, 2.05) is 12.3 Å². The van der Waals surface area contributed by atoms with Crippen molar-refractivity contribution in [3.63, 3.8) is 0 Å². The molecule has 0 fully saturated rings. The third-order valence-electron chi connectivity index (χ3n) is 0.987. The standard InChI is InChI=1S/C6H10N2S/c1-2-4-7-6-3-5-8-9-6/h3,5,7H,2,4H2,1H3. The first kappa shape index (κ1) is 6.55. The van der Waals surface area contributed by atoms with Crippen molar-refractivity contribution in [2.45, 2.75) is 13.3 Å². The summed E-state index contributed by atoms with van der Waals surface area (Å²) in [7, 11) is 0. The second-order valence-electron chi connectivity index (χ2n) is 1.80. The Kier molecular flexibility index (Phi) is 2.51. The lowest BCUT2D eigenvalue weighted by molar-refractivity contribution is 0.984. The molecular weight excluding hydrogens is 132 g/mol. The number of aromatic nitrogens is 1. The third-order valence-corrected chi connectivity index (χ3v) is 1.69. The highest BCUT2D eigenvalue weighted by Gasteiger charge is 1.88. The van der Waals surface area contributed by atoms with Crippen LogP contribution in [0.2, 0.25) is 0 Å². The molecule has 0 spiro atoms. The quantitative estimate of drug-likeness (QED) is 0.698. The third kappa shape index (κ3) is 2.01. The molecule has 0 aliphatic rings.